The van der Waals surface area contributed by atoms with Crippen LogP contribution in [0.3, 0.4) is 0 Å². The first-order chi connectivity index (χ1) is 15.4. The second kappa shape index (κ2) is 10.8. The molecule has 170 valence electrons. The van der Waals surface area contributed by atoms with Gasteiger partial charge >= 0.3 is 12.1 Å². The van der Waals surface area contributed by atoms with Crippen molar-refractivity contribution in [3.63, 3.8) is 0 Å². The standard InChI is InChI=1S/C24H28N2O6/c1-3-15(2)22(23(29)25-14-31-13-21(27)28)26-24(30)32-12-20-18-10-6-4-8-16(18)17-9-5-7-11-19(17)20/h4-11,15,20,22H,3,12-14H2,1-2H3,(H,25,29)(H,26,30)(H,27,28)/t15?,22-/m0/s1. The first kappa shape index (κ1) is 23.3. The summed E-state index contributed by atoms with van der Waals surface area (Å²) in [6.07, 6.45) is -0.0312. The van der Waals surface area contributed by atoms with Crippen molar-refractivity contribution in [2.75, 3.05) is 19.9 Å². The van der Waals surface area contributed by atoms with Gasteiger partial charge in [-0.15, -0.1) is 0 Å². The third kappa shape index (κ3) is 5.45. The Bertz CT molecular complexity index is 931. The van der Waals surface area contributed by atoms with Crippen molar-refractivity contribution in [2.24, 2.45) is 5.92 Å². The number of nitrogens with one attached hydrogen (secondary N) is 2. The molecule has 0 aliphatic heterocycles. The van der Waals surface area contributed by atoms with Crippen LogP contribution in [0.1, 0.15) is 37.3 Å². The summed E-state index contributed by atoms with van der Waals surface area (Å²) in [6.45, 7) is 3.12. The third-order valence-corrected chi connectivity index (χ3v) is 5.69. The predicted octanol–water partition coefficient (Wildman–Crippen LogP) is 3.11. The minimum absolute atomic E-state index is 0.0755. The Morgan fingerprint density at radius 2 is 1.62 bits per heavy atom. The van der Waals surface area contributed by atoms with Gasteiger partial charge in [-0.25, -0.2) is 9.59 Å². The summed E-state index contributed by atoms with van der Waals surface area (Å²) in [7, 11) is 0. The molecule has 3 rings (SSSR count). The summed E-state index contributed by atoms with van der Waals surface area (Å²) in [5, 5.41) is 13.7. The van der Waals surface area contributed by atoms with E-state index in [1.54, 1.807) is 0 Å². The lowest BCUT2D eigenvalue weighted by molar-refractivity contribution is -0.143. The second-order valence-corrected chi connectivity index (χ2v) is 7.76. The van der Waals surface area contributed by atoms with Crippen molar-refractivity contribution < 1.29 is 29.0 Å². The number of fused-ring (bicyclic) bond motifs is 3. The third-order valence-electron chi connectivity index (χ3n) is 5.69. The van der Waals surface area contributed by atoms with Gasteiger partial charge in [-0.1, -0.05) is 68.8 Å². The molecule has 0 radical (unpaired) electrons. The number of alkyl carbamates (subject to hydrolysis) is 1. The quantitative estimate of drug-likeness (QED) is 0.386. The normalized spacial score (nSPS) is 14.1. The number of carbonyl (C=O) groups is 3. The maximum atomic E-state index is 12.6. The number of rotatable bonds is 10. The maximum Gasteiger partial charge on any atom is 0.407 e. The molecule has 0 spiro atoms. The number of carbonyl (C=O) groups excluding carboxylic acids is 2. The average molecular weight is 440 g/mol. The minimum Gasteiger partial charge on any atom is -0.480 e. The van der Waals surface area contributed by atoms with Crippen molar-refractivity contribution in [1.29, 1.82) is 0 Å². The molecule has 0 heterocycles. The average Bonchev–Trinajstić information content (AvgIpc) is 3.12. The molecule has 0 bridgehead atoms. The molecular weight excluding hydrogens is 412 g/mol. The van der Waals surface area contributed by atoms with Crippen LogP contribution in [-0.4, -0.2) is 49.1 Å². The molecule has 1 unspecified atom stereocenters. The molecule has 3 N–H and O–H groups in total. The molecule has 2 atom stereocenters. The van der Waals surface area contributed by atoms with Crippen LogP contribution >= 0.6 is 0 Å². The highest BCUT2D eigenvalue weighted by Gasteiger charge is 2.30. The summed E-state index contributed by atoms with van der Waals surface area (Å²) in [6, 6.07) is 15.3. The highest BCUT2D eigenvalue weighted by Crippen LogP contribution is 2.44. The molecular formula is C24H28N2O6. The van der Waals surface area contributed by atoms with Crippen molar-refractivity contribution in [3.8, 4) is 11.1 Å². The van der Waals surface area contributed by atoms with E-state index >= 15 is 0 Å². The van der Waals surface area contributed by atoms with Crippen LogP contribution in [0.4, 0.5) is 4.79 Å². The summed E-state index contributed by atoms with van der Waals surface area (Å²) in [5.74, 6) is -1.82. The lowest BCUT2D eigenvalue weighted by Crippen LogP contribution is -2.51. The van der Waals surface area contributed by atoms with Crippen LogP contribution in [0.2, 0.25) is 0 Å². The molecule has 1 aliphatic carbocycles. The number of hydrogen-bond acceptors (Lipinski definition) is 5. The lowest BCUT2D eigenvalue weighted by atomic mass is 9.98. The van der Waals surface area contributed by atoms with E-state index in [2.05, 4.69) is 22.8 Å². The van der Waals surface area contributed by atoms with Gasteiger partial charge in [0, 0.05) is 5.92 Å². The molecule has 2 amide bonds. The SMILES string of the molecule is CCC(C)[C@H](NC(=O)OCC1c2ccccc2-c2ccccc21)C(=O)NCOCC(=O)O. The first-order valence-electron chi connectivity index (χ1n) is 10.6. The van der Waals surface area contributed by atoms with Crippen LogP contribution in [-0.2, 0) is 19.1 Å². The smallest absolute Gasteiger partial charge is 0.407 e. The van der Waals surface area contributed by atoms with Crippen LogP contribution in [0.25, 0.3) is 11.1 Å². The van der Waals surface area contributed by atoms with Crippen molar-refractivity contribution in [2.45, 2.75) is 32.2 Å². The first-order valence-corrected chi connectivity index (χ1v) is 10.6. The van der Waals surface area contributed by atoms with Crippen LogP contribution < -0.4 is 10.6 Å². The fraction of sp³-hybridized carbons (Fsp3) is 0.375. The number of carboxylic acids is 1. The van der Waals surface area contributed by atoms with E-state index in [9.17, 15) is 14.4 Å². The van der Waals surface area contributed by atoms with Crippen LogP contribution in [0.15, 0.2) is 48.5 Å². The number of benzene rings is 2. The minimum atomic E-state index is -1.13. The topological polar surface area (TPSA) is 114 Å². The number of ether oxygens (including phenoxy) is 2. The Kier molecular flexibility index (Phi) is 7.83. The predicted molar refractivity (Wildman–Crippen MR) is 118 cm³/mol. The lowest BCUT2D eigenvalue weighted by Gasteiger charge is -2.23. The van der Waals surface area contributed by atoms with Crippen LogP contribution in [0, 0.1) is 5.92 Å². The summed E-state index contributed by atoms with van der Waals surface area (Å²) >= 11 is 0. The molecule has 1 aliphatic rings. The summed E-state index contributed by atoms with van der Waals surface area (Å²) in [5.41, 5.74) is 4.48. The Morgan fingerprint density at radius 3 is 2.19 bits per heavy atom. The van der Waals surface area contributed by atoms with Gasteiger partial charge in [0.15, 0.2) is 0 Å². The van der Waals surface area contributed by atoms with Crippen LogP contribution in [0.5, 0.6) is 0 Å². The van der Waals surface area contributed by atoms with Gasteiger partial charge < -0.3 is 25.2 Å². The molecule has 2 aromatic rings. The zero-order valence-corrected chi connectivity index (χ0v) is 18.2. The maximum absolute atomic E-state index is 12.6. The van der Waals surface area contributed by atoms with Gasteiger partial charge in [0.25, 0.3) is 0 Å². The summed E-state index contributed by atoms with van der Waals surface area (Å²) < 4.78 is 10.4. The van der Waals surface area contributed by atoms with E-state index in [-0.39, 0.29) is 25.2 Å². The number of carboxylic acid groups (broad SMARTS) is 1. The highest BCUT2D eigenvalue weighted by molar-refractivity contribution is 5.86. The zero-order chi connectivity index (χ0) is 23.1. The second-order valence-electron chi connectivity index (χ2n) is 7.76. The number of hydrogen-bond donors (Lipinski definition) is 3. The van der Waals surface area contributed by atoms with Gasteiger partial charge in [-0.2, -0.15) is 0 Å². The molecule has 32 heavy (non-hydrogen) atoms. The van der Waals surface area contributed by atoms with Gasteiger partial charge in [0.05, 0.1) is 0 Å². The van der Waals surface area contributed by atoms with E-state index in [4.69, 9.17) is 14.6 Å². The Labute approximate surface area is 186 Å². The van der Waals surface area contributed by atoms with Crippen molar-refractivity contribution in [3.05, 3.63) is 59.7 Å². The van der Waals surface area contributed by atoms with Crippen molar-refractivity contribution in [1.82, 2.24) is 10.6 Å². The molecule has 8 heteroatoms. The van der Waals surface area contributed by atoms with Gasteiger partial charge in [-0.3, -0.25) is 4.79 Å². The molecule has 0 fully saturated rings. The zero-order valence-electron chi connectivity index (χ0n) is 18.2. The number of aliphatic carboxylic acids is 1. The Hall–Kier alpha value is -3.39. The Balaban J connectivity index is 1.61. The Morgan fingerprint density at radius 1 is 1.03 bits per heavy atom. The molecule has 2 aromatic carbocycles. The number of amides is 2. The molecule has 0 aromatic heterocycles. The molecule has 0 saturated carbocycles. The van der Waals surface area contributed by atoms with Gasteiger partial charge in [0.2, 0.25) is 5.91 Å². The van der Waals surface area contributed by atoms with Gasteiger partial charge in [0.1, 0.15) is 26.0 Å². The fourth-order valence-electron chi connectivity index (χ4n) is 3.84. The van der Waals surface area contributed by atoms with E-state index in [0.29, 0.717) is 6.42 Å². The van der Waals surface area contributed by atoms with E-state index in [0.717, 1.165) is 22.3 Å². The highest BCUT2D eigenvalue weighted by atomic mass is 16.5. The largest absolute Gasteiger partial charge is 0.480 e. The van der Waals surface area contributed by atoms with E-state index in [1.165, 1.54) is 0 Å². The van der Waals surface area contributed by atoms with Crippen molar-refractivity contribution >= 4 is 18.0 Å². The fourth-order valence-corrected chi connectivity index (χ4v) is 3.84. The summed E-state index contributed by atoms with van der Waals surface area (Å²) in [4.78, 5) is 35.6. The molecule has 8 nitrogen and oxygen atoms in total. The monoisotopic (exact) mass is 440 g/mol. The van der Waals surface area contributed by atoms with E-state index < -0.39 is 30.6 Å². The van der Waals surface area contributed by atoms with E-state index in [1.807, 2.05) is 50.2 Å². The molecule has 0 saturated heterocycles. The van der Waals surface area contributed by atoms with Gasteiger partial charge in [-0.05, 0) is 28.2 Å².